The predicted molar refractivity (Wildman–Crippen MR) is 138 cm³/mol. The normalized spacial score (nSPS) is 18.8. The Balaban J connectivity index is 1.42. The van der Waals surface area contributed by atoms with E-state index < -0.39 is 0 Å². The van der Waals surface area contributed by atoms with Gasteiger partial charge in [-0.25, -0.2) is 0 Å². The third-order valence-electron chi connectivity index (χ3n) is 6.34. The number of amides is 1. The lowest BCUT2D eigenvalue weighted by Crippen LogP contribution is -2.46. The molecule has 1 amide bonds. The summed E-state index contributed by atoms with van der Waals surface area (Å²) in [6.45, 7) is 1.43. The molecule has 0 aliphatic carbocycles. The van der Waals surface area contributed by atoms with Crippen molar-refractivity contribution in [3.05, 3.63) is 81.8 Å². The molecule has 3 aromatic carbocycles. The fourth-order valence-electron chi connectivity index (χ4n) is 4.57. The molecule has 1 aliphatic rings. The maximum Gasteiger partial charge on any atom is 0.240 e. The molecule has 7 heteroatoms. The highest BCUT2D eigenvalue weighted by molar-refractivity contribution is 6.34. The van der Waals surface area contributed by atoms with E-state index in [1.807, 2.05) is 59.5 Å². The molecule has 178 valence electrons. The van der Waals surface area contributed by atoms with Gasteiger partial charge in [0.05, 0.1) is 6.04 Å². The van der Waals surface area contributed by atoms with Crippen LogP contribution in [-0.2, 0) is 11.3 Å². The van der Waals surface area contributed by atoms with E-state index in [1.54, 1.807) is 6.07 Å². The van der Waals surface area contributed by atoms with Gasteiger partial charge in [0.25, 0.3) is 0 Å². The number of carbonyl (C=O) groups excluding carboxylic acids is 2. The van der Waals surface area contributed by atoms with Crippen molar-refractivity contribution >= 4 is 45.7 Å². The standard InChI is InChI=1S/C27H29Cl2N3O2/c28-22-13-18(14-23(29)16-22)17-32-12-10-24(31-25(9-11-30)27(32)34)7-8-26(33)21-6-5-19-3-1-2-4-20(19)15-21/h1-6,13-16,24-25,31H,7-12,17,30H2/t24-,25+/m1/s1. The summed E-state index contributed by atoms with van der Waals surface area (Å²) in [4.78, 5) is 28.0. The van der Waals surface area contributed by atoms with Gasteiger partial charge < -0.3 is 16.0 Å². The summed E-state index contributed by atoms with van der Waals surface area (Å²) in [5.74, 6) is 0.133. The zero-order chi connectivity index (χ0) is 24.1. The Kier molecular flexibility index (Phi) is 8.22. The van der Waals surface area contributed by atoms with Gasteiger partial charge in [-0.2, -0.15) is 0 Å². The van der Waals surface area contributed by atoms with Crippen LogP contribution in [0.3, 0.4) is 0 Å². The van der Waals surface area contributed by atoms with Crippen molar-refractivity contribution in [2.24, 2.45) is 5.73 Å². The number of nitrogens with one attached hydrogen (secondary N) is 1. The molecule has 0 bridgehead atoms. The number of fused-ring (bicyclic) bond motifs is 1. The van der Waals surface area contributed by atoms with Gasteiger partial charge in [-0.1, -0.05) is 59.6 Å². The lowest BCUT2D eigenvalue weighted by atomic mass is 9.99. The van der Waals surface area contributed by atoms with Crippen LogP contribution in [0.2, 0.25) is 10.0 Å². The number of carbonyl (C=O) groups is 2. The van der Waals surface area contributed by atoms with Crippen molar-refractivity contribution in [1.29, 1.82) is 0 Å². The number of halogens is 2. The first kappa shape index (κ1) is 24.7. The molecule has 3 aromatic rings. The average molecular weight is 498 g/mol. The molecule has 5 nitrogen and oxygen atoms in total. The summed E-state index contributed by atoms with van der Waals surface area (Å²) < 4.78 is 0. The molecule has 4 rings (SSSR count). The molecule has 1 heterocycles. The minimum absolute atomic E-state index is 0.0184. The van der Waals surface area contributed by atoms with E-state index in [-0.39, 0.29) is 23.8 Å². The summed E-state index contributed by atoms with van der Waals surface area (Å²) in [7, 11) is 0. The van der Waals surface area contributed by atoms with Gasteiger partial charge in [-0.15, -0.1) is 0 Å². The Morgan fingerprint density at radius 3 is 2.47 bits per heavy atom. The molecule has 3 N–H and O–H groups in total. The maximum absolute atomic E-state index is 13.2. The molecular weight excluding hydrogens is 469 g/mol. The van der Waals surface area contributed by atoms with Crippen molar-refractivity contribution in [2.45, 2.75) is 44.3 Å². The second-order valence-electron chi connectivity index (χ2n) is 8.84. The minimum atomic E-state index is -0.372. The molecule has 0 spiro atoms. The first-order valence-electron chi connectivity index (χ1n) is 11.6. The summed E-state index contributed by atoms with van der Waals surface area (Å²) in [6.07, 6.45) is 2.38. The monoisotopic (exact) mass is 497 g/mol. The van der Waals surface area contributed by atoms with E-state index in [9.17, 15) is 9.59 Å². The largest absolute Gasteiger partial charge is 0.337 e. The quantitative estimate of drug-likeness (QED) is 0.418. The fourth-order valence-corrected chi connectivity index (χ4v) is 5.15. The first-order valence-corrected chi connectivity index (χ1v) is 12.4. The SMILES string of the molecule is NCC[C@@H]1N[C@H](CCC(=O)c2ccc3ccccc3c2)CCN(Cc2cc(Cl)cc(Cl)c2)C1=O. The van der Waals surface area contributed by atoms with Crippen LogP contribution in [0.1, 0.15) is 41.6 Å². The lowest BCUT2D eigenvalue weighted by Gasteiger charge is -2.24. The Labute approximate surface area is 210 Å². The second kappa shape index (κ2) is 11.3. The fraction of sp³-hybridized carbons (Fsp3) is 0.333. The van der Waals surface area contributed by atoms with Crippen molar-refractivity contribution in [2.75, 3.05) is 13.1 Å². The van der Waals surface area contributed by atoms with E-state index in [0.29, 0.717) is 48.9 Å². The zero-order valence-electron chi connectivity index (χ0n) is 19.0. The third-order valence-corrected chi connectivity index (χ3v) is 6.77. The number of nitrogens with zero attached hydrogens (tertiary/aromatic N) is 1. The van der Waals surface area contributed by atoms with Crippen molar-refractivity contribution < 1.29 is 9.59 Å². The van der Waals surface area contributed by atoms with Crippen LogP contribution in [0.25, 0.3) is 10.8 Å². The van der Waals surface area contributed by atoms with E-state index in [0.717, 1.165) is 28.3 Å². The number of hydrogen-bond donors (Lipinski definition) is 2. The molecule has 1 fully saturated rings. The second-order valence-corrected chi connectivity index (χ2v) is 9.72. The maximum atomic E-state index is 13.2. The molecular formula is C27H29Cl2N3O2. The molecule has 0 saturated carbocycles. The molecule has 34 heavy (non-hydrogen) atoms. The van der Waals surface area contributed by atoms with Crippen LogP contribution in [0.4, 0.5) is 0 Å². The minimum Gasteiger partial charge on any atom is -0.337 e. The Hall–Kier alpha value is -2.44. The van der Waals surface area contributed by atoms with Crippen molar-refractivity contribution in [3.63, 3.8) is 0 Å². The van der Waals surface area contributed by atoms with E-state index >= 15 is 0 Å². The summed E-state index contributed by atoms with van der Waals surface area (Å²) in [6, 6.07) is 18.9. The van der Waals surface area contributed by atoms with Crippen LogP contribution in [-0.4, -0.2) is 41.8 Å². The topological polar surface area (TPSA) is 75.4 Å². The number of benzene rings is 3. The van der Waals surface area contributed by atoms with E-state index in [1.165, 1.54) is 0 Å². The van der Waals surface area contributed by atoms with Gasteiger partial charge in [0, 0.05) is 41.2 Å². The van der Waals surface area contributed by atoms with Crippen molar-refractivity contribution in [3.8, 4) is 0 Å². The van der Waals surface area contributed by atoms with Gasteiger partial charge in [0.1, 0.15) is 0 Å². The van der Waals surface area contributed by atoms with Crippen LogP contribution in [0.15, 0.2) is 60.7 Å². The number of hydrogen-bond acceptors (Lipinski definition) is 4. The summed E-state index contributed by atoms with van der Waals surface area (Å²) in [5.41, 5.74) is 7.41. The zero-order valence-corrected chi connectivity index (χ0v) is 20.5. The summed E-state index contributed by atoms with van der Waals surface area (Å²) >= 11 is 12.3. The highest BCUT2D eigenvalue weighted by Gasteiger charge is 2.30. The van der Waals surface area contributed by atoms with Crippen molar-refractivity contribution in [1.82, 2.24) is 10.2 Å². The van der Waals surface area contributed by atoms with Gasteiger partial charge >= 0.3 is 0 Å². The number of nitrogens with two attached hydrogens (primary N) is 1. The average Bonchev–Trinajstić information content (AvgIpc) is 2.96. The third kappa shape index (κ3) is 6.16. The van der Waals surface area contributed by atoms with Gasteiger partial charge in [-0.05, 0) is 66.4 Å². The molecule has 0 unspecified atom stereocenters. The first-order chi connectivity index (χ1) is 16.4. The predicted octanol–water partition coefficient (Wildman–Crippen LogP) is 5.22. The van der Waals surface area contributed by atoms with E-state index in [4.69, 9.17) is 28.9 Å². The Morgan fingerprint density at radius 1 is 1.00 bits per heavy atom. The highest BCUT2D eigenvalue weighted by atomic mass is 35.5. The number of rotatable bonds is 8. The van der Waals surface area contributed by atoms with Crippen LogP contribution >= 0.6 is 23.2 Å². The number of ketones is 1. The summed E-state index contributed by atoms with van der Waals surface area (Å²) in [5, 5.41) is 6.74. The smallest absolute Gasteiger partial charge is 0.240 e. The van der Waals surface area contributed by atoms with Gasteiger partial charge in [-0.3, -0.25) is 9.59 Å². The molecule has 0 radical (unpaired) electrons. The van der Waals surface area contributed by atoms with Gasteiger partial charge in [0.15, 0.2) is 5.78 Å². The molecule has 1 aliphatic heterocycles. The highest BCUT2D eigenvalue weighted by Crippen LogP contribution is 2.23. The van der Waals surface area contributed by atoms with E-state index in [2.05, 4.69) is 5.32 Å². The van der Waals surface area contributed by atoms with Crippen LogP contribution in [0.5, 0.6) is 0 Å². The molecule has 1 saturated heterocycles. The number of Topliss-reactive ketones (excluding diaryl/α,β-unsaturated/α-hetero) is 1. The Morgan fingerprint density at radius 2 is 1.74 bits per heavy atom. The molecule has 0 aromatic heterocycles. The van der Waals surface area contributed by atoms with Crippen LogP contribution in [0, 0.1) is 0 Å². The van der Waals surface area contributed by atoms with Gasteiger partial charge in [0.2, 0.25) is 5.91 Å². The van der Waals surface area contributed by atoms with Crippen LogP contribution < -0.4 is 11.1 Å². The molecule has 2 atom stereocenters. The lowest BCUT2D eigenvalue weighted by molar-refractivity contribution is -0.133. The Bertz CT molecular complexity index is 1160.